The second-order valence-corrected chi connectivity index (χ2v) is 8.06. The minimum absolute atomic E-state index is 0.117. The zero-order valence-corrected chi connectivity index (χ0v) is 15.9. The van der Waals surface area contributed by atoms with Crippen LogP contribution in [-0.2, 0) is 14.3 Å². The van der Waals surface area contributed by atoms with Crippen LogP contribution >= 0.6 is 0 Å². The fraction of sp³-hybridized carbons (Fsp3) is 0.850. The fourth-order valence-electron chi connectivity index (χ4n) is 3.08. The van der Waals surface area contributed by atoms with E-state index in [-0.39, 0.29) is 11.6 Å². The number of carbonyl (C=O) groups excluding carboxylic acids is 1. The van der Waals surface area contributed by atoms with Gasteiger partial charge >= 0.3 is 5.97 Å². The van der Waals surface area contributed by atoms with Gasteiger partial charge in [-0.05, 0) is 59.3 Å². The molecular formula is C20H36O3. The monoisotopic (exact) mass is 324 g/mol. The lowest BCUT2D eigenvalue weighted by molar-refractivity contribution is -0.154. The smallest absolute Gasteiger partial charge is 0.311 e. The molecule has 0 aromatic rings. The summed E-state index contributed by atoms with van der Waals surface area (Å²) >= 11 is 0. The third kappa shape index (κ3) is 6.56. The number of hydrogen-bond acceptors (Lipinski definition) is 3. The highest BCUT2D eigenvalue weighted by Gasteiger charge is 2.32. The van der Waals surface area contributed by atoms with E-state index in [2.05, 4.69) is 20.4 Å². The molecule has 0 spiro atoms. The van der Waals surface area contributed by atoms with E-state index in [9.17, 15) is 4.79 Å². The third-order valence-corrected chi connectivity index (χ3v) is 5.27. The molecule has 134 valence electrons. The van der Waals surface area contributed by atoms with E-state index in [1.54, 1.807) is 0 Å². The van der Waals surface area contributed by atoms with Crippen LogP contribution in [0.5, 0.6) is 0 Å². The molecule has 0 atom stereocenters. The van der Waals surface area contributed by atoms with Gasteiger partial charge < -0.3 is 9.47 Å². The molecule has 0 aromatic heterocycles. The van der Waals surface area contributed by atoms with Gasteiger partial charge in [-0.3, -0.25) is 4.79 Å². The summed E-state index contributed by atoms with van der Waals surface area (Å²) in [5, 5.41) is 0. The lowest BCUT2D eigenvalue weighted by Crippen LogP contribution is -2.35. The van der Waals surface area contributed by atoms with Gasteiger partial charge in [0.05, 0.1) is 17.8 Å². The Morgan fingerprint density at radius 1 is 1.13 bits per heavy atom. The molecule has 0 N–H and O–H groups in total. The van der Waals surface area contributed by atoms with E-state index >= 15 is 0 Å². The molecule has 0 aliphatic heterocycles. The predicted octanol–water partition coefficient (Wildman–Crippen LogP) is 5.64. The first-order valence-electron chi connectivity index (χ1n) is 9.23. The molecule has 23 heavy (non-hydrogen) atoms. The number of rotatable bonds is 9. The molecule has 1 saturated carbocycles. The maximum atomic E-state index is 11.9. The van der Waals surface area contributed by atoms with Crippen molar-refractivity contribution in [1.82, 2.24) is 0 Å². The second kappa shape index (κ2) is 8.75. The summed E-state index contributed by atoms with van der Waals surface area (Å²) in [7, 11) is 0. The quantitative estimate of drug-likeness (QED) is 0.313. The average Bonchev–Trinajstić information content (AvgIpc) is 2.51. The minimum Gasteiger partial charge on any atom is -0.493 e. The van der Waals surface area contributed by atoms with E-state index in [0.29, 0.717) is 12.5 Å². The Labute approximate surface area is 142 Å². The molecule has 1 aliphatic carbocycles. The van der Waals surface area contributed by atoms with Gasteiger partial charge in [0.1, 0.15) is 5.60 Å². The van der Waals surface area contributed by atoms with Crippen molar-refractivity contribution in [2.75, 3.05) is 6.61 Å². The van der Waals surface area contributed by atoms with Crippen molar-refractivity contribution in [3.8, 4) is 0 Å². The zero-order chi connectivity index (χ0) is 17.5. The Morgan fingerprint density at radius 2 is 1.74 bits per heavy atom. The number of ether oxygens (including phenoxy) is 2. The second-order valence-electron chi connectivity index (χ2n) is 8.06. The van der Waals surface area contributed by atoms with Gasteiger partial charge in [0.15, 0.2) is 0 Å². The van der Waals surface area contributed by atoms with Crippen molar-refractivity contribution < 1.29 is 14.3 Å². The normalized spacial score (nSPS) is 16.9. The molecule has 0 radical (unpaired) electrons. The van der Waals surface area contributed by atoms with Crippen molar-refractivity contribution in [1.29, 1.82) is 0 Å². The average molecular weight is 325 g/mol. The van der Waals surface area contributed by atoms with Gasteiger partial charge in [-0.15, -0.1) is 0 Å². The summed E-state index contributed by atoms with van der Waals surface area (Å²) in [4.78, 5) is 11.9. The van der Waals surface area contributed by atoms with E-state index in [0.717, 1.165) is 25.0 Å². The maximum absolute atomic E-state index is 11.9. The van der Waals surface area contributed by atoms with Crippen molar-refractivity contribution in [3.63, 3.8) is 0 Å². The van der Waals surface area contributed by atoms with Crippen LogP contribution in [0.15, 0.2) is 12.3 Å². The Bertz CT molecular complexity index is 390. The fourth-order valence-corrected chi connectivity index (χ4v) is 3.08. The number of hydrogen-bond donors (Lipinski definition) is 0. The van der Waals surface area contributed by atoms with Crippen LogP contribution in [0.2, 0.25) is 0 Å². The van der Waals surface area contributed by atoms with Crippen LogP contribution in [0, 0.1) is 11.3 Å². The largest absolute Gasteiger partial charge is 0.493 e. The van der Waals surface area contributed by atoms with E-state index < -0.39 is 5.41 Å². The zero-order valence-electron chi connectivity index (χ0n) is 15.9. The molecule has 1 fully saturated rings. The van der Waals surface area contributed by atoms with Crippen LogP contribution in [0.3, 0.4) is 0 Å². The van der Waals surface area contributed by atoms with Gasteiger partial charge in [-0.2, -0.15) is 0 Å². The summed E-state index contributed by atoms with van der Waals surface area (Å²) in [5.74, 6) is 1.32. The molecule has 1 rings (SSSR count). The van der Waals surface area contributed by atoms with Crippen molar-refractivity contribution in [3.05, 3.63) is 12.3 Å². The van der Waals surface area contributed by atoms with Crippen molar-refractivity contribution in [2.24, 2.45) is 11.3 Å². The standard InChI is InChI=1S/C20H36O3/c1-7-19(3,4)18(21)22-15-11-12-16(2)23-20(5,6)17-13-9-8-10-14-17/h17H,2,7-15H2,1,3-6H3. The van der Waals surface area contributed by atoms with Gasteiger partial charge in [-0.1, -0.05) is 32.8 Å². The summed E-state index contributed by atoms with van der Waals surface area (Å²) in [6.07, 6.45) is 8.79. The van der Waals surface area contributed by atoms with Gasteiger partial charge in [0, 0.05) is 6.42 Å². The van der Waals surface area contributed by atoms with E-state index in [1.807, 2.05) is 20.8 Å². The summed E-state index contributed by atoms with van der Waals surface area (Å²) < 4.78 is 11.5. The molecule has 3 nitrogen and oxygen atoms in total. The first kappa shape index (κ1) is 20.1. The van der Waals surface area contributed by atoms with Crippen molar-refractivity contribution in [2.45, 2.75) is 91.6 Å². The van der Waals surface area contributed by atoms with Crippen LogP contribution in [0.4, 0.5) is 0 Å². The number of carbonyl (C=O) groups is 1. The Kier molecular flexibility index (Phi) is 7.63. The molecular weight excluding hydrogens is 288 g/mol. The summed E-state index contributed by atoms with van der Waals surface area (Å²) in [6.45, 7) is 14.7. The molecule has 0 saturated heterocycles. The van der Waals surface area contributed by atoms with Crippen LogP contribution < -0.4 is 0 Å². The Morgan fingerprint density at radius 3 is 2.30 bits per heavy atom. The number of allylic oxidation sites excluding steroid dienone is 1. The Hall–Kier alpha value is -0.990. The van der Waals surface area contributed by atoms with E-state index in [4.69, 9.17) is 9.47 Å². The van der Waals surface area contributed by atoms with Crippen molar-refractivity contribution >= 4 is 5.97 Å². The molecule has 0 unspecified atom stereocenters. The first-order chi connectivity index (χ1) is 10.7. The highest BCUT2D eigenvalue weighted by Crippen LogP contribution is 2.36. The van der Waals surface area contributed by atoms with Crippen LogP contribution in [0.25, 0.3) is 0 Å². The summed E-state index contributed by atoms with van der Waals surface area (Å²) in [6, 6.07) is 0. The topological polar surface area (TPSA) is 35.5 Å². The van der Waals surface area contributed by atoms with Gasteiger partial charge in [-0.25, -0.2) is 0 Å². The molecule has 0 aromatic carbocycles. The number of esters is 1. The molecule has 0 heterocycles. The highest BCUT2D eigenvalue weighted by molar-refractivity contribution is 5.75. The first-order valence-corrected chi connectivity index (χ1v) is 9.23. The third-order valence-electron chi connectivity index (χ3n) is 5.27. The molecule has 0 amide bonds. The SMILES string of the molecule is C=C(CCCOC(=O)C(C)(C)CC)OC(C)(C)C1CCCCC1. The lowest BCUT2D eigenvalue weighted by Gasteiger charge is -2.38. The summed E-state index contributed by atoms with van der Waals surface area (Å²) in [5.41, 5.74) is -0.533. The van der Waals surface area contributed by atoms with E-state index in [1.165, 1.54) is 32.1 Å². The highest BCUT2D eigenvalue weighted by atomic mass is 16.5. The minimum atomic E-state index is -0.392. The van der Waals surface area contributed by atoms with Gasteiger partial charge in [0.2, 0.25) is 0 Å². The van der Waals surface area contributed by atoms with Gasteiger partial charge in [0.25, 0.3) is 0 Å². The molecule has 0 bridgehead atoms. The predicted molar refractivity (Wildman–Crippen MR) is 95.1 cm³/mol. The van der Waals surface area contributed by atoms with Crippen LogP contribution in [-0.4, -0.2) is 18.2 Å². The maximum Gasteiger partial charge on any atom is 0.311 e. The molecule has 1 aliphatic rings. The lowest BCUT2D eigenvalue weighted by atomic mass is 9.78. The molecule has 3 heteroatoms. The van der Waals surface area contributed by atoms with Crippen LogP contribution in [0.1, 0.15) is 86.0 Å². The Balaban J connectivity index is 2.27.